The molecule has 1 atom stereocenters. The summed E-state index contributed by atoms with van der Waals surface area (Å²) in [6.45, 7) is 10.9. The van der Waals surface area contributed by atoms with E-state index in [-0.39, 0.29) is 5.60 Å². The molecule has 0 radical (unpaired) electrons. The van der Waals surface area contributed by atoms with E-state index in [1.165, 1.54) is 0 Å². The summed E-state index contributed by atoms with van der Waals surface area (Å²) in [4.78, 5) is 4.29. The third-order valence-electron chi connectivity index (χ3n) is 3.95. The predicted octanol–water partition coefficient (Wildman–Crippen LogP) is 1.94. The van der Waals surface area contributed by atoms with Crippen LogP contribution in [0.1, 0.15) is 53.3 Å². The van der Waals surface area contributed by atoms with Crippen LogP contribution in [-0.4, -0.2) is 36.7 Å². The topological polar surface area (TPSA) is 60.2 Å². The fourth-order valence-corrected chi connectivity index (χ4v) is 3.10. The molecule has 1 aliphatic rings. The zero-order valence-corrected chi connectivity index (χ0v) is 12.6. The Morgan fingerprint density at radius 2 is 2.05 bits per heavy atom. The minimum absolute atomic E-state index is 0.312. The molecule has 2 rings (SSSR count). The van der Waals surface area contributed by atoms with Crippen LogP contribution in [0.15, 0.2) is 6.33 Å². The Bertz CT molecular complexity index is 453. The highest BCUT2D eigenvalue weighted by Gasteiger charge is 2.56. The lowest BCUT2D eigenvalue weighted by Crippen LogP contribution is -2.48. The Balaban J connectivity index is 2.24. The molecule has 1 aromatic heterocycles. The first-order valence-corrected chi connectivity index (χ1v) is 6.98. The van der Waals surface area contributed by atoms with Gasteiger partial charge in [-0.3, -0.25) is 4.68 Å². The quantitative estimate of drug-likeness (QED) is 0.905. The molecule has 108 valence electrons. The molecule has 5 nitrogen and oxygen atoms in total. The largest absolute Gasteiger partial charge is 0.386 e. The molecule has 5 heteroatoms. The molecule has 1 aromatic rings. The van der Waals surface area contributed by atoms with Crippen LogP contribution >= 0.6 is 0 Å². The van der Waals surface area contributed by atoms with Crippen LogP contribution < -0.4 is 0 Å². The average Bonchev–Trinajstić information content (AvgIpc) is 2.68. The van der Waals surface area contributed by atoms with Gasteiger partial charge in [0.05, 0.1) is 11.2 Å². The zero-order valence-electron chi connectivity index (χ0n) is 12.6. The lowest BCUT2D eigenvalue weighted by molar-refractivity contribution is -0.126. The second-order valence-electron chi connectivity index (χ2n) is 6.66. The van der Waals surface area contributed by atoms with Gasteiger partial charge in [0.2, 0.25) is 0 Å². The number of aryl methyl sites for hydroxylation is 1. The van der Waals surface area contributed by atoms with Crippen LogP contribution in [0, 0.1) is 0 Å². The molecule has 1 aliphatic heterocycles. The highest BCUT2D eigenvalue weighted by molar-refractivity contribution is 5.10. The van der Waals surface area contributed by atoms with Crippen LogP contribution in [0.4, 0.5) is 0 Å². The normalized spacial score (nSPS) is 28.7. The monoisotopic (exact) mass is 267 g/mol. The van der Waals surface area contributed by atoms with Crippen molar-refractivity contribution < 1.29 is 9.84 Å². The van der Waals surface area contributed by atoms with Gasteiger partial charge in [-0.05, 0) is 34.1 Å². The molecule has 1 saturated heterocycles. The van der Waals surface area contributed by atoms with Gasteiger partial charge in [-0.15, -0.1) is 0 Å². The van der Waals surface area contributed by atoms with Crippen molar-refractivity contribution >= 4 is 0 Å². The molecule has 19 heavy (non-hydrogen) atoms. The van der Waals surface area contributed by atoms with Crippen LogP contribution in [0.2, 0.25) is 0 Å². The number of hydrogen-bond acceptors (Lipinski definition) is 4. The molecule has 1 N–H and O–H groups in total. The van der Waals surface area contributed by atoms with Gasteiger partial charge in [0, 0.05) is 19.4 Å². The Morgan fingerprint density at radius 1 is 1.37 bits per heavy atom. The van der Waals surface area contributed by atoms with Crippen molar-refractivity contribution in [2.45, 2.75) is 77.2 Å². The fourth-order valence-electron chi connectivity index (χ4n) is 3.10. The van der Waals surface area contributed by atoms with Crippen molar-refractivity contribution in [3.63, 3.8) is 0 Å². The molecular formula is C14H25N3O2. The molecule has 0 aromatic carbocycles. The van der Waals surface area contributed by atoms with Gasteiger partial charge in [-0.1, -0.05) is 6.92 Å². The van der Waals surface area contributed by atoms with Crippen molar-refractivity contribution in [1.82, 2.24) is 14.8 Å². The second kappa shape index (κ2) is 4.56. The smallest absolute Gasteiger partial charge is 0.138 e. The SMILES string of the molecule is CCCn1ncnc1CC1(O)CC(C)(C)OC1(C)C. The van der Waals surface area contributed by atoms with Crippen molar-refractivity contribution in [3.8, 4) is 0 Å². The van der Waals surface area contributed by atoms with E-state index in [1.807, 2.05) is 32.4 Å². The summed E-state index contributed by atoms with van der Waals surface area (Å²) in [6, 6.07) is 0. The van der Waals surface area contributed by atoms with Gasteiger partial charge >= 0.3 is 0 Å². The Kier molecular flexibility index (Phi) is 3.47. The number of aliphatic hydroxyl groups is 1. The number of ether oxygens (including phenoxy) is 1. The van der Waals surface area contributed by atoms with Gasteiger partial charge in [0.25, 0.3) is 0 Å². The average molecular weight is 267 g/mol. The Labute approximate surface area is 115 Å². The predicted molar refractivity (Wildman–Crippen MR) is 72.8 cm³/mol. The van der Waals surface area contributed by atoms with E-state index in [0.717, 1.165) is 18.8 Å². The van der Waals surface area contributed by atoms with Crippen LogP contribution in [0.25, 0.3) is 0 Å². The molecule has 2 heterocycles. The summed E-state index contributed by atoms with van der Waals surface area (Å²) in [5.41, 5.74) is -1.80. The Morgan fingerprint density at radius 3 is 2.58 bits per heavy atom. The highest BCUT2D eigenvalue weighted by Crippen LogP contribution is 2.46. The molecule has 1 unspecified atom stereocenters. The first-order chi connectivity index (χ1) is 8.69. The molecule has 0 aliphatic carbocycles. The molecule has 0 spiro atoms. The van der Waals surface area contributed by atoms with E-state index < -0.39 is 11.2 Å². The van der Waals surface area contributed by atoms with Gasteiger partial charge in [0.1, 0.15) is 17.8 Å². The lowest BCUT2D eigenvalue weighted by atomic mass is 9.80. The van der Waals surface area contributed by atoms with E-state index >= 15 is 0 Å². The van der Waals surface area contributed by atoms with Crippen molar-refractivity contribution in [2.24, 2.45) is 0 Å². The van der Waals surface area contributed by atoms with Gasteiger partial charge in [-0.25, -0.2) is 4.98 Å². The molecule has 0 bridgehead atoms. The Hall–Kier alpha value is -0.940. The summed E-state index contributed by atoms with van der Waals surface area (Å²) in [6.07, 6.45) is 3.64. The summed E-state index contributed by atoms with van der Waals surface area (Å²) in [5.74, 6) is 0.832. The zero-order chi connectivity index (χ0) is 14.3. The van der Waals surface area contributed by atoms with Gasteiger partial charge in [0.15, 0.2) is 0 Å². The number of nitrogens with zero attached hydrogens (tertiary/aromatic N) is 3. The first-order valence-electron chi connectivity index (χ1n) is 6.98. The van der Waals surface area contributed by atoms with Crippen molar-refractivity contribution in [1.29, 1.82) is 0 Å². The molecule has 0 saturated carbocycles. The molecular weight excluding hydrogens is 242 g/mol. The third kappa shape index (κ3) is 2.67. The van der Waals surface area contributed by atoms with E-state index in [9.17, 15) is 5.11 Å². The maximum atomic E-state index is 11.0. The standard InChI is InChI=1S/C14H25N3O2/c1-6-7-17-11(15-10-16-17)8-14(18)9-12(2,3)19-13(14,4)5/h10,18H,6-9H2,1-5H3. The van der Waals surface area contributed by atoms with Gasteiger partial charge in [-0.2, -0.15) is 5.10 Å². The third-order valence-corrected chi connectivity index (χ3v) is 3.95. The summed E-state index contributed by atoms with van der Waals surface area (Å²) >= 11 is 0. The van der Waals surface area contributed by atoms with E-state index in [4.69, 9.17) is 4.74 Å². The highest BCUT2D eigenvalue weighted by atomic mass is 16.5. The molecule has 1 fully saturated rings. The maximum Gasteiger partial charge on any atom is 0.138 e. The number of aromatic nitrogens is 3. The summed E-state index contributed by atoms with van der Waals surface area (Å²) in [5, 5.41) is 15.2. The van der Waals surface area contributed by atoms with Crippen molar-refractivity contribution in [3.05, 3.63) is 12.2 Å². The van der Waals surface area contributed by atoms with Crippen molar-refractivity contribution in [2.75, 3.05) is 0 Å². The van der Waals surface area contributed by atoms with E-state index in [0.29, 0.717) is 12.8 Å². The van der Waals surface area contributed by atoms with Crippen LogP contribution in [0.5, 0.6) is 0 Å². The molecule has 0 amide bonds. The van der Waals surface area contributed by atoms with E-state index in [2.05, 4.69) is 17.0 Å². The first kappa shape index (κ1) is 14.5. The van der Waals surface area contributed by atoms with E-state index in [1.54, 1.807) is 6.33 Å². The van der Waals surface area contributed by atoms with Crippen LogP contribution in [0.3, 0.4) is 0 Å². The number of hydrogen-bond donors (Lipinski definition) is 1. The van der Waals surface area contributed by atoms with Gasteiger partial charge < -0.3 is 9.84 Å². The lowest BCUT2D eigenvalue weighted by Gasteiger charge is -2.34. The second-order valence-corrected chi connectivity index (χ2v) is 6.66. The summed E-state index contributed by atoms with van der Waals surface area (Å²) < 4.78 is 7.87. The minimum Gasteiger partial charge on any atom is -0.386 e. The maximum absolute atomic E-state index is 11.0. The van der Waals surface area contributed by atoms with Crippen LogP contribution in [-0.2, 0) is 17.7 Å². The fraction of sp³-hybridized carbons (Fsp3) is 0.857. The minimum atomic E-state index is -0.908. The number of rotatable bonds is 4. The summed E-state index contributed by atoms with van der Waals surface area (Å²) in [7, 11) is 0.